The van der Waals surface area contributed by atoms with Gasteiger partial charge in [0.05, 0.1) is 12.6 Å². The molecular weight excluding hydrogens is 682 g/mol. The fourth-order valence-electron chi connectivity index (χ4n) is 8.44. The van der Waals surface area contributed by atoms with E-state index in [9.17, 15) is 35.4 Å². The van der Waals surface area contributed by atoms with Gasteiger partial charge in [0, 0.05) is 13.0 Å². The van der Waals surface area contributed by atoms with Crippen LogP contribution in [0.25, 0.3) is 0 Å². The summed E-state index contributed by atoms with van der Waals surface area (Å²) in [5, 5.41) is 64.8. The van der Waals surface area contributed by atoms with E-state index in [-0.39, 0.29) is 18.7 Å². The number of ether oxygens (including phenoxy) is 1. The topological polar surface area (TPSA) is 151 Å². The summed E-state index contributed by atoms with van der Waals surface area (Å²) in [5.74, 6) is -3.51. The molecule has 0 aliphatic carbocycles. The normalized spacial score (nSPS) is 21.8. The fourth-order valence-corrected chi connectivity index (χ4v) is 8.44. The number of nitrogens with zero attached hydrogens (tertiary/aromatic N) is 1. The van der Waals surface area contributed by atoms with E-state index in [0.717, 1.165) is 38.5 Å². The fraction of sp³-hybridized carbons (Fsp3) is 0.978. The van der Waals surface area contributed by atoms with Crippen LogP contribution in [0.5, 0.6) is 0 Å². The summed E-state index contributed by atoms with van der Waals surface area (Å²) in [6, 6.07) is -1.23. The quantitative estimate of drug-likeness (QED) is 0.0270. The first-order valence-corrected chi connectivity index (χ1v) is 23.2. The van der Waals surface area contributed by atoms with Gasteiger partial charge in [-0.05, 0) is 19.3 Å². The Bertz CT molecular complexity index is 875. The van der Waals surface area contributed by atoms with Crippen molar-refractivity contribution < 1.29 is 40.2 Å². The molecule has 1 fully saturated rings. The Labute approximate surface area is 332 Å². The Kier molecular flexibility index (Phi) is 30.5. The number of carbonyl (C=O) groups is 1. The van der Waals surface area contributed by atoms with E-state index in [1.165, 1.54) is 153 Å². The van der Waals surface area contributed by atoms with E-state index in [0.29, 0.717) is 19.4 Å². The molecule has 0 aromatic rings. The molecule has 0 bridgehead atoms. The Morgan fingerprint density at radius 2 is 0.889 bits per heavy atom. The van der Waals surface area contributed by atoms with Crippen molar-refractivity contribution in [1.82, 2.24) is 4.90 Å². The molecule has 1 unspecified atom stereocenters. The average Bonchev–Trinajstić information content (AvgIpc) is 3.16. The third-order valence-corrected chi connectivity index (χ3v) is 12.0. The summed E-state index contributed by atoms with van der Waals surface area (Å²) in [6.45, 7) is 5.73. The number of aliphatic hydroxyl groups is 6. The van der Waals surface area contributed by atoms with Gasteiger partial charge in [-0.3, -0.25) is 4.79 Å². The van der Waals surface area contributed by atoms with Gasteiger partial charge < -0.3 is 40.3 Å². The Balaban J connectivity index is 2.55. The maximum absolute atomic E-state index is 13.8. The van der Waals surface area contributed by atoms with Crippen LogP contribution in [-0.4, -0.2) is 90.5 Å². The highest BCUT2D eigenvalue weighted by Gasteiger charge is 2.67. The largest absolute Gasteiger partial charge is 0.394 e. The summed E-state index contributed by atoms with van der Waals surface area (Å²) in [6.07, 6.45) is 33.1. The van der Waals surface area contributed by atoms with Gasteiger partial charge in [0.2, 0.25) is 5.91 Å². The molecule has 1 heterocycles. The Morgan fingerprint density at radius 1 is 0.556 bits per heavy atom. The lowest BCUT2D eigenvalue weighted by atomic mass is 9.77. The summed E-state index contributed by atoms with van der Waals surface area (Å²) in [4.78, 5) is 15.3. The molecule has 54 heavy (non-hydrogen) atoms. The molecule has 5 atom stereocenters. The second kappa shape index (κ2) is 32.2. The molecular formula is C45H89NO8. The van der Waals surface area contributed by atoms with Crippen LogP contribution in [0.2, 0.25) is 0 Å². The van der Waals surface area contributed by atoms with E-state index in [1.807, 2.05) is 0 Å². The van der Waals surface area contributed by atoms with Gasteiger partial charge >= 0.3 is 5.97 Å². The van der Waals surface area contributed by atoms with Crippen LogP contribution in [0, 0.1) is 0 Å². The highest BCUT2D eigenvalue weighted by atomic mass is 16.8. The predicted octanol–water partition coefficient (Wildman–Crippen LogP) is 9.60. The molecule has 0 saturated carbocycles. The lowest BCUT2D eigenvalue weighted by Crippen LogP contribution is -2.79. The standard InChI is InChI=1S/C45H89NO8/c1-4-7-9-11-13-15-17-19-21-23-25-27-29-31-33-35-37-46(40(6-3)44(51)43(50)42(49)39(38-47)54-45(44,52)53)41(48)36-34-32-30-28-26-24-22-20-18-16-14-12-10-8-5-2/h39-40,42-43,47,49-53H,4-38H2,1-3H3/t39-,40?,42-,43+,44-/m1/s1. The molecule has 0 radical (unpaired) electrons. The minimum absolute atomic E-state index is 0.0970. The van der Waals surface area contributed by atoms with Crippen LogP contribution in [0.4, 0.5) is 0 Å². The monoisotopic (exact) mass is 772 g/mol. The molecule has 1 saturated heterocycles. The van der Waals surface area contributed by atoms with Gasteiger partial charge in [0.1, 0.15) is 18.3 Å². The molecule has 1 aliphatic rings. The number of hydrogen-bond donors (Lipinski definition) is 6. The summed E-state index contributed by atoms with van der Waals surface area (Å²) < 4.78 is 5.12. The summed E-state index contributed by atoms with van der Waals surface area (Å²) in [7, 11) is 0. The van der Waals surface area contributed by atoms with Gasteiger partial charge in [0.15, 0.2) is 5.60 Å². The van der Waals surface area contributed by atoms with Crippen LogP contribution >= 0.6 is 0 Å². The lowest BCUT2D eigenvalue weighted by Gasteiger charge is -2.55. The zero-order chi connectivity index (χ0) is 39.9. The maximum atomic E-state index is 13.8. The van der Waals surface area contributed by atoms with Crippen molar-refractivity contribution in [3.05, 3.63) is 0 Å². The molecule has 0 spiro atoms. The van der Waals surface area contributed by atoms with E-state index < -0.39 is 42.5 Å². The first-order chi connectivity index (χ1) is 26.1. The predicted molar refractivity (Wildman–Crippen MR) is 221 cm³/mol. The number of hydrogen-bond acceptors (Lipinski definition) is 8. The first-order valence-electron chi connectivity index (χ1n) is 23.2. The minimum atomic E-state index is -3.29. The summed E-state index contributed by atoms with van der Waals surface area (Å²) in [5.41, 5.74) is -2.79. The van der Waals surface area contributed by atoms with Gasteiger partial charge in [-0.1, -0.05) is 207 Å². The van der Waals surface area contributed by atoms with Crippen molar-refractivity contribution >= 4 is 5.91 Å². The average molecular weight is 772 g/mol. The number of amides is 1. The van der Waals surface area contributed by atoms with Crippen molar-refractivity contribution in [3.63, 3.8) is 0 Å². The van der Waals surface area contributed by atoms with Crippen LogP contribution in [0.15, 0.2) is 0 Å². The third-order valence-electron chi connectivity index (χ3n) is 12.0. The van der Waals surface area contributed by atoms with Gasteiger partial charge in [0.25, 0.3) is 0 Å². The molecule has 1 aliphatic heterocycles. The van der Waals surface area contributed by atoms with E-state index in [1.54, 1.807) is 6.92 Å². The number of rotatable bonds is 37. The van der Waals surface area contributed by atoms with Crippen molar-refractivity contribution in [2.45, 2.75) is 269 Å². The third kappa shape index (κ3) is 20.1. The lowest BCUT2D eigenvalue weighted by molar-refractivity contribution is -0.476. The number of aliphatic hydroxyl groups excluding tert-OH is 3. The van der Waals surface area contributed by atoms with Crippen LogP contribution < -0.4 is 0 Å². The second-order valence-corrected chi connectivity index (χ2v) is 16.7. The van der Waals surface area contributed by atoms with Crippen molar-refractivity contribution in [3.8, 4) is 0 Å². The van der Waals surface area contributed by atoms with Crippen molar-refractivity contribution in [1.29, 1.82) is 0 Å². The minimum Gasteiger partial charge on any atom is -0.394 e. The molecule has 6 N–H and O–H groups in total. The van der Waals surface area contributed by atoms with Crippen LogP contribution in [-0.2, 0) is 9.53 Å². The van der Waals surface area contributed by atoms with E-state index in [2.05, 4.69) is 13.8 Å². The van der Waals surface area contributed by atoms with E-state index >= 15 is 0 Å². The van der Waals surface area contributed by atoms with Gasteiger partial charge in [-0.15, -0.1) is 0 Å². The van der Waals surface area contributed by atoms with Crippen LogP contribution in [0.1, 0.15) is 233 Å². The Hall–Kier alpha value is -0.810. The zero-order valence-corrected chi connectivity index (χ0v) is 35.5. The second-order valence-electron chi connectivity index (χ2n) is 16.7. The summed E-state index contributed by atoms with van der Waals surface area (Å²) >= 11 is 0. The highest BCUT2D eigenvalue weighted by molar-refractivity contribution is 5.76. The molecule has 0 aromatic heterocycles. The first kappa shape index (κ1) is 51.2. The molecule has 322 valence electrons. The molecule has 0 aromatic carbocycles. The highest BCUT2D eigenvalue weighted by Crippen LogP contribution is 2.41. The van der Waals surface area contributed by atoms with Gasteiger partial charge in [-0.25, -0.2) is 0 Å². The number of carbonyl (C=O) groups excluding carboxylic acids is 1. The molecule has 1 rings (SSSR count). The molecule has 9 nitrogen and oxygen atoms in total. The zero-order valence-electron chi connectivity index (χ0n) is 35.5. The Morgan fingerprint density at radius 3 is 1.22 bits per heavy atom. The molecule has 1 amide bonds. The van der Waals surface area contributed by atoms with Crippen molar-refractivity contribution in [2.75, 3.05) is 13.2 Å². The number of unbranched alkanes of at least 4 members (excludes halogenated alkanes) is 29. The maximum Gasteiger partial charge on any atom is 0.313 e. The molecule has 9 heteroatoms. The van der Waals surface area contributed by atoms with Crippen LogP contribution in [0.3, 0.4) is 0 Å². The van der Waals surface area contributed by atoms with E-state index in [4.69, 9.17) is 4.74 Å². The van der Waals surface area contributed by atoms with Gasteiger partial charge in [-0.2, -0.15) is 0 Å². The smallest absolute Gasteiger partial charge is 0.313 e. The van der Waals surface area contributed by atoms with Crippen molar-refractivity contribution in [2.24, 2.45) is 0 Å². The SMILES string of the molecule is CCCCCCCCCCCCCCCCCCN(C(=O)CCCCCCCCCCCCCCCCC)C(CC)[C@@]1(O)[C@@H](O)[C@H](O)[C@@H](CO)OC1(O)O.